The summed E-state index contributed by atoms with van der Waals surface area (Å²) in [7, 11) is 4.48. The molecule has 1 aromatic rings. The molecule has 0 saturated carbocycles. The van der Waals surface area contributed by atoms with Crippen LogP contribution in [0.3, 0.4) is 0 Å². The molecular formula is C11H18F3N5O. The first-order chi connectivity index (χ1) is 9.26. The summed E-state index contributed by atoms with van der Waals surface area (Å²) in [4.78, 5) is 7.39. The van der Waals surface area contributed by atoms with Crippen LogP contribution in [0.4, 0.5) is 13.2 Å². The van der Waals surface area contributed by atoms with E-state index in [1.807, 2.05) is 0 Å². The lowest BCUT2D eigenvalue weighted by Crippen LogP contribution is -2.47. The van der Waals surface area contributed by atoms with Crippen molar-refractivity contribution < 1.29 is 18.3 Å². The first-order valence-corrected chi connectivity index (χ1v) is 5.91. The zero-order valence-electron chi connectivity index (χ0n) is 11.5. The van der Waals surface area contributed by atoms with E-state index in [9.17, 15) is 18.3 Å². The van der Waals surface area contributed by atoms with E-state index in [4.69, 9.17) is 0 Å². The number of aromatic nitrogens is 2. The number of aliphatic imine (C=N–C) groups is 1. The molecule has 20 heavy (non-hydrogen) atoms. The van der Waals surface area contributed by atoms with Crippen LogP contribution in [-0.2, 0) is 12.6 Å². The molecule has 0 amide bonds. The minimum atomic E-state index is -4.82. The Labute approximate surface area is 114 Å². The van der Waals surface area contributed by atoms with Gasteiger partial charge in [0.2, 0.25) is 5.60 Å². The third-order valence-corrected chi connectivity index (χ3v) is 2.90. The van der Waals surface area contributed by atoms with Gasteiger partial charge >= 0.3 is 6.18 Å². The molecule has 0 saturated heterocycles. The number of aryl methyl sites for hydroxylation is 1. The Morgan fingerprint density at radius 2 is 2.15 bits per heavy atom. The van der Waals surface area contributed by atoms with Crippen molar-refractivity contribution in [3.8, 4) is 0 Å². The van der Waals surface area contributed by atoms with Crippen molar-refractivity contribution in [2.24, 2.45) is 12.0 Å². The van der Waals surface area contributed by atoms with Crippen LogP contribution in [0.2, 0.25) is 0 Å². The van der Waals surface area contributed by atoms with Gasteiger partial charge < -0.3 is 20.3 Å². The third-order valence-electron chi connectivity index (χ3n) is 2.90. The summed E-state index contributed by atoms with van der Waals surface area (Å²) >= 11 is 0. The summed E-state index contributed by atoms with van der Waals surface area (Å²) in [5.41, 5.74) is -3.01. The average Bonchev–Trinajstić information content (AvgIpc) is 2.79. The van der Waals surface area contributed by atoms with E-state index in [0.29, 0.717) is 5.96 Å². The third kappa shape index (κ3) is 3.21. The molecule has 3 N–H and O–H groups in total. The highest BCUT2D eigenvalue weighted by atomic mass is 19.4. The Kier molecular flexibility index (Phi) is 4.98. The topological polar surface area (TPSA) is 74.5 Å². The lowest BCUT2D eigenvalue weighted by Gasteiger charge is -2.30. The van der Waals surface area contributed by atoms with Crippen LogP contribution < -0.4 is 10.6 Å². The number of guanidine groups is 1. The first kappa shape index (κ1) is 16.3. The van der Waals surface area contributed by atoms with Crippen LogP contribution in [-0.4, -0.2) is 47.4 Å². The highest BCUT2D eigenvalue weighted by Gasteiger charge is 2.57. The number of hydrogen-bond acceptors (Lipinski definition) is 3. The number of imidazole rings is 1. The van der Waals surface area contributed by atoms with E-state index in [-0.39, 0.29) is 6.54 Å². The summed E-state index contributed by atoms with van der Waals surface area (Å²) in [5.74, 6) is -0.0967. The maximum Gasteiger partial charge on any atom is 0.424 e. The fourth-order valence-corrected chi connectivity index (χ4v) is 1.79. The number of hydrogen-bond donors (Lipinski definition) is 3. The van der Waals surface area contributed by atoms with Gasteiger partial charge in [-0.15, -0.1) is 0 Å². The SMILES string of the molecule is CN=C(NC)NCCC(O)(c1nccn1C)C(F)(F)F. The Morgan fingerprint density at radius 1 is 1.50 bits per heavy atom. The number of nitrogens with one attached hydrogen (secondary N) is 2. The zero-order valence-corrected chi connectivity index (χ0v) is 11.5. The summed E-state index contributed by atoms with van der Waals surface area (Å²) in [5, 5.41) is 15.4. The van der Waals surface area contributed by atoms with Gasteiger partial charge in [0.1, 0.15) is 5.82 Å². The minimum Gasteiger partial charge on any atom is -0.374 e. The molecule has 1 unspecified atom stereocenters. The molecule has 1 aromatic heterocycles. The van der Waals surface area contributed by atoms with E-state index < -0.39 is 24.0 Å². The van der Waals surface area contributed by atoms with Crippen molar-refractivity contribution in [2.45, 2.75) is 18.2 Å². The van der Waals surface area contributed by atoms with Crippen molar-refractivity contribution in [3.05, 3.63) is 18.2 Å². The second-order valence-electron chi connectivity index (χ2n) is 4.22. The van der Waals surface area contributed by atoms with Crippen LogP contribution >= 0.6 is 0 Å². The van der Waals surface area contributed by atoms with E-state index >= 15 is 0 Å². The van der Waals surface area contributed by atoms with Gasteiger partial charge in [0.05, 0.1) is 0 Å². The molecule has 9 heteroatoms. The second-order valence-corrected chi connectivity index (χ2v) is 4.22. The quantitative estimate of drug-likeness (QED) is 0.553. The normalized spacial score (nSPS) is 15.8. The standard InChI is InChI=1S/C11H18F3N5O/c1-15-9(16-2)18-5-4-10(20,11(12,13)14)8-17-6-7-19(8)3/h6-7,20H,4-5H2,1-3H3,(H2,15,16,18). The molecule has 6 nitrogen and oxygen atoms in total. The summed E-state index contributed by atoms with van der Waals surface area (Å²) in [6, 6.07) is 0. The molecule has 0 fully saturated rings. The van der Waals surface area contributed by atoms with Crippen LogP contribution in [0.1, 0.15) is 12.2 Å². The van der Waals surface area contributed by atoms with Gasteiger partial charge in [0.15, 0.2) is 5.96 Å². The molecule has 0 spiro atoms. The van der Waals surface area contributed by atoms with Gasteiger partial charge in [-0.3, -0.25) is 4.99 Å². The molecule has 0 aliphatic carbocycles. The fraction of sp³-hybridized carbons (Fsp3) is 0.636. The lowest BCUT2D eigenvalue weighted by atomic mass is 9.97. The molecule has 114 valence electrons. The largest absolute Gasteiger partial charge is 0.424 e. The summed E-state index contributed by atoms with van der Waals surface area (Å²) in [6.45, 7) is -0.115. The van der Waals surface area contributed by atoms with E-state index in [1.165, 1.54) is 26.5 Å². The van der Waals surface area contributed by atoms with Crippen LogP contribution in [0.25, 0.3) is 0 Å². The maximum atomic E-state index is 13.2. The van der Waals surface area contributed by atoms with Gasteiger partial charge in [-0.05, 0) is 0 Å². The number of alkyl halides is 3. The molecule has 1 rings (SSSR count). The molecule has 1 heterocycles. The Balaban J connectivity index is 2.90. The molecule has 0 radical (unpaired) electrons. The number of aliphatic hydroxyl groups is 1. The molecule has 0 aromatic carbocycles. The molecular weight excluding hydrogens is 275 g/mol. The van der Waals surface area contributed by atoms with Crippen molar-refractivity contribution in [2.75, 3.05) is 20.6 Å². The van der Waals surface area contributed by atoms with Crippen molar-refractivity contribution in [3.63, 3.8) is 0 Å². The summed E-state index contributed by atoms with van der Waals surface area (Å²) < 4.78 is 40.6. The maximum absolute atomic E-state index is 13.2. The zero-order chi connectivity index (χ0) is 15.4. The number of rotatable bonds is 4. The van der Waals surface area contributed by atoms with Crippen LogP contribution in [0.15, 0.2) is 17.4 Å². The fourth-order valence-electron chi connectivity index (χ4n) is 1.79. The monoisotopic (exact) mass is 293 g/mol. The van der Waals surface area contributed by atoms with Gasteiger partial charge in [0.25, 0.3) is 0 Å². The smallest absolute Gasteiger partial charge is 0.374 e. The Bertz CT molecular complexity index is 471. The molecule has 0 aliphatic rings. The minimum absolute atomic E-state index is 0.115. The van der Waals surface area contributed by atoms with Gasteiger partial charge in [-0.1, -0.05) is 0 Å². The van der Waals surface area contributed by atoms with Crippen molar-refractivity contribution in [1.29, 1.82) is 0 Å². The van der Waals surface area contributed by atoms with Gasteiger partial charge in [-0.25, -0.2) is 4.98 Å². The molecule has 0 aliphatic heterocycles. The van der Waals surface area contributed by atoms with E-state index in [1.54, 1.807) is 7.05 Å². The Hall–Kier alpha value is -1.77. The summed E-state index contributed by atoms with van der Waals surface area (Å²) in [6.07, 6.45) is -2.84. The lowest BCUT2D eigenvalue weighted by molar-refractivity contribution is -0.272. The first-order valence-electron chi connectivity index (χ1n) is 5.91. The van der Waals surface area contributed by atoms with E-state index in [2.05, 4.69) is 20.6 Å². The number of halogens is 3. The highest BCUT2D eigenvalue weighted by molar-refractivity contribution is 5.79. The van der Waals surface area contributed by atoms with Gasteiger partial charge in [-0.2, -0.15) is 13.2 Å². The van der Waals surface area contributed by atoms with Crippen LogP contribution in [0.5, 0.6) is 0 Å². The van der Waals surface area contributed by atoms with Gasteiger partial charge in [0, 0.05) is 46.5 Å². The molecule has 1 atom stereocenters. The number of nitrogens with zero attached hydrogens (tertiary/aromatic N) is 3. The second kappa shape index (κ2) is 6.12. The average molecular weight is 293 g/mol. The van der Waals surface area contributed by atoms with E-state index in [0.717, 1.165) is 4.57 Å². The Morgan fingerprint density at radius 3 is 2.55 bits per heavy atom. The predicted molar refractivity (Wildman–Crippen MR) is 68.2 cm³/mol. The molecule has 0 bridgehead atoms. The highest BCUT2D eigenvalue weighted by Crippen LogP contribution is 2.40. The van der Waals surface area contributed by atoms with Crippen molar-refractivity contribution >= 4 is 5.96 Å². The van der Waals surface area contributed by atoms with Crippen molar-refractivity contribution in [1.82, 2.24) is 20.2 Å². The van der Waals surface area contributed by atoms with Crippen LogP contribution in [0, 0.1) is 0 Å². The predicted octanol–water partition coefficient (Wildman–Crippen LogP) is 0.355.